The fourth-order valence-corrected chi connectivity index (χ4v) is 1.92. The van der Waals surface area contributed by atoms with E-state index in [0.29, 0.717) is 6.42 Å². The molecule has 0 saturated heterocycles. The van der Waals surface area contributed by atoms with Gasteiger partial charge in [0.15, 0.2) is 0 Å². The third-order valence-corrected chi connectivity index (χ3v) is 3.03. The molecule has 0 aliphatic heterocycles. The van der Waals surface area contributed by atoms with Gasteiger partial charge in [0.1, 0.15) is 0 Å². The maximum atomic E-state index is 11.6. The molecule has 0 spiro atoms. The number of nitrogens with one attached hydrogen (secondary N) is 1. The van der Waals surface area contributed by atoms with E-state index in [9.17, 15) is 4.79 Å². The molecule has 17 heavy (non-hydrogen) atoms. The number of nitrogens with zero attached hydrogens (tertiary/aromatic N) is 1. The van der Waals surface area contributed by atoms with E-state index in [1.165, 1.54) is 6.08 Å². The Labute approximate surface area is 105 Å². The van der Waals surface area contributed by atoms with Gasteiger partial charge in [0, 0.05) is 23.6 Å². The molecule has 0 radical (unpaired) electrons. The average Bonchev–Trinajstić information content (AvgIpc) is 2.60. The first-order chi connectivity index (χ1) is 7.93. The number of hydrogen-bond donors (Lipinski definition) is 2. The van der Waals surface area contributed by atoms with Crippen molar-refractivity contribution in [2.45, 2.75) is 32.7 Å². The second-order valence-corrected chi connectivity index (χ2v) is 5.53. The third-order valence-electron chi connectivity index (χ3n) is 2.24. The quantitative estimate of drug-likeness (QED) is 0.787. The summed E-state index contributed by atoms with van der Waals surface area (Å²) < 4.78 is 0. The first-order valence-corrected chi connectivity index (χ1v) is 6.34. The molecule has 1 amide bonds. The van der Waals surface area contributed by atoms with E-state index in [2.05, 4.69) is 10.3 Å². The lowest BCUT2D eigenvalue weighted by Gasteiger charge is -2.24. The summed E-state index contributed by atoms with van der Waals surface area (Å²) in [6, 6.07) is 0. The molecule has 0 unspecified atom stereocenters. The molecule has 0 aliphatic carbocycles. The minimum Gasteiger partial charge on any atom is -0.396 e. The van der Waals surface area contributed by atoms with Crippen molar-refractivity contribution in [2.75, 3.05) is 6.61 Å². The fraction of sp³-hybridized carbons (Fsp3) is 0.500. The highest BCUT2D eigenvalue weighted by Gasteiger charge is 2.18. The maximum Gasteiger partial charge on any atom is 0.244 e. The van der Waals surface area contributed by atoms with E-state index in [1.54, 1.807) is 17.4 Å². The molecule has 5 heteroatoms. The van der Waals surface area contributed by atoms with Crippen molar-refractivity contribution in [1.29, 1.82) is 0 Å². The molecule has 0 fully saturated rings. The number of aliphatic hydroxyl groups excluding tert-OH is 1. The minimum absolute atomic E-state index is 0.0578. The van der Waals surface area contributed by atoms with Gasteiger partial charge in [-0.25, -0.2) is 4.98 Å². The molecule has 1 heterocycles. The number of hydrogen-bond acceptors (Lipinski definition) is 4. The van der Waals surface area contributed by atoms with Crippen molar-refractivity contribution >= 4 is 23.3 Å². The Morgan fingerprint density at radius 1 is 1.65 bits per heavy atom. The molecule has 0 atom stereocenters. The van der Waals surface area contributed by atoms with Crippen LogP contribution in [0.25, 0.3) is 6.08 Å². The summed E-state index contributed by atoms with van der Waals surface area (Å²) in [5.74, 6) is -0.172. The van der Waals surface area contributed by atoms with E-state index in [0.717, 1.165) is 10.7 Å². The highest BCUT2D eigenvalue weighted by atomic mass is 32.1. The maximum absolute atomic E-state index is 11.6. The van der Waals surface area contributed by atoms with E-state index in [1.807, 2.05) is 26.2 Å². The van der Waals surface area contributed by atoms with Crippen molar-refractivity contribution in [3.63, 3.8) is 0 Å². The second-order valence-electron chi connectivity index (χ2n) is 4.47. The van der Waals surface area contributed by atoms with E-state index >= 15 is 0 Å². The number of rotatable bonds is 5. The Morgan fingerprint density at radius 2 is 2.35 bits per heavy atom. The van der Waals surface area contributed by atoms with Crippen LogP contribution in [-0.4, -0.2) is 28.1 Å². The summed E-state index contributed by atoms with van der Waals surface area (Å²) in [5.41, 5.74) is 0.399. The van der Waals surface area contributed by atoms with Gasteiger partial charge < -0.3 is 10.4 Å². The van der Waals surface area contributed by atoms with Gasteiger partial charge in [-0.2, -0.15) is 0 Å². The topological polar surface area (TPSA) is 62.2 Å². The van der Waals surface area contributed by atoms with Crippen LogP contribution in [0.2, 0.25) is 0 Å². The monoisotopic (exact) mass is 254 g/mol. The number of thiazole rings is 1. The number of aryl methyl sites for hydroxylation is 1. The lowest BCUT2D eigenvalue weighted by molar-refractivity contribution is -0.118. The number of aromatic nitrogens is 1. The van der Waals surface area contributed by atoms with Crippen LogP contribution in [0.1, 0.15) is 31.0 Å². The van der Waals surface area contributed by atoms with Crippen LogP contribution < -0.4 is 5.32 Å². The number of amides is 1. The number of carbonyl (C=O) groups is 1. The van der Waals surface area contributed by atoms with Crippen LogP contribution in [0.15, 0.2) is 11.5 Å². The molecule has 94 valence electrons. The predicted molar refractivity (Wildman–Crippen MR) is 69.8 cm³/mol. The molecule has 0 aromatic carbocycles. The summed E-state index contributed by atoms with van der Waals surface area (Å²) in [4.78, 5) is 15.8. The van der Waals surface area contributed by atoms with Crippen LogP contribution in [0, 0.1) is 6.92 Å². The molecule has 0 aliphatic rings. The van der Waals surface area contributed by atoms with Crippen molar-refractivity contribution in [1.82, 2.24) is 10.3 Å². The van der Waals surface area contributed by atoms with Crippen LogP contribution >= 0.6 is 11.3 Å². The molecule has 2 N–H and O–H groups in total. The molecule has 1 rings (SSSR count). The highest BCUT2D eigenvalue weighted by molar-refractivity contribution is 7.09. The fourth-order valence-electron chi connectivity index (χ4n) is 1.33. The Kier molecular flexibility index (Phi) is 4.84. The van der Waals surface area contributed by atoms with E-state index in [4.69, 9.17) is 5.11 Å². The van der Waals surface area contributed by atoms with Gasteiger partial charge >= 0.3 is 0 Å². The lowest BCUT2D eigenvalue weighted by Crippen LogP contribution is -2.43. The Balaban J connectivity index is 2.52. The number of aliphatic hydroxyl groups is 1. The first kappa shape index (κ1) is 13.9. The third kappa shape index (κ3) is 5.10. The van der Waals surface area contributed by atoms with Crippen LogP contribution in [0.4, 0.5) is 0 Å². The SMILES string of the molecule is Cc1nc(/C=C/C(=O)NC(C)(C)CCO)cs1. The van der Waals surface area contributed by atoms with Crippen molar-refractivity contribution in [3.05, 3.63) is 22.2 Å². The number of carbonyl (C=O) groups excluding carboxylic acids is 1. The molecule has 0 bridgehead atoms. The first-order valence-electron chi connectivity index (χ1n) is 5.46. The van der Waals surface area contributed by atoms with Gasteiger partial charge in [0.05, 0.1) is 10.7 Å². The van der Waals surface area contributed by atoms with Gasteiger partial charge in [-0.15, -0.1) is 11.3 Å². The molecular weight excluding hydrogens is 236 g/mol. The predicted octanol–water partition coefficient (Wildman–Crippen LogP) is 1.74. The molecule has 4 nitrogen and oxygen atoms in total. The Morgan fingerprint density at radius 3 is 2.88 bits per heavy atom. The lowest BCUT2D eigenvalue weighted by atomic mass is 10.0. The molecule has 1 aromatic heterocycles. The highest BCUT2D eigenvalue weighted by Crippen LogP contribution is 2.10. The van der Waals surface area contributed by atoms with Gasteiger partial charge in [-0.1, -0.05) is 0 Å². The Hall–Kier alpha value is -1.20. The smallest absolute Gasteiger partial charge is 0.244 e. The molecule has 0 saturated carbocycles. The molecule has 1 aromatic rings. The molecular formula is C12H18N2O2S. The zero-order chi connectivity index (χ0) is 12.9. The second kappa shape index (κ2) is 5.93. The van der Waals surface area contributed by atoms with E-state index < -0.39 is 5.54 Å². The van der Waals surface area contributed by atoms with Crippen LogP contribution in [0.3, 0.4) is 0 Å². The normalized spacial score (nSPS) is 12.0. The van der Waals surface area contributed by atoms with Gasteiger partial charge in [-0.3, -0.25) is 4.79 Å². The minimum atomic E-state index is -0.395. The summed E-state index contributed by atoms with van der Waals surface area (Å²) in [6.07, 6.45) is 3.68. The summed E-state index contributed by atoms with van der Waals surface area (Å²) in [5, 5.41) is 14.5. The van der Waals surface area contributed by atoms with Crippen molar-refractivity contribution in [3.8, 4) is 0 Å². The van der Waals surface area contributed by atoms with Crippen molar-refractivity contribution in [2.24, 2.45) is 0 Å². The van der Waals surface area contributed by atoms with Crippen LogP contribution in [-0.2, 0) is 4.79 Å². The summed E-state index contributed by atoms with van der Waals surface area (Å²) in [7, 11) is 0. The van der Waals surface area contributed by atoms with Gasteiger partial charge in [-0.05, 0) is 33.3 Å². The van der Waals surface area contributed by atoms with Gasteiger partial charge in [0.25, 0.3) is 0 Å². The van der Waals surface area contributed by atoms with Crippen LogP contribution in [0.5, 0.6) is 0 Å². The standard InChI is InChI=1S/C12H18N2O2S/c1-9-13-10(8-17-9)4-5-11(16)14-12(2,3)6-7-15/h4-5,8,15H,6-7H2,1-3H3,(H,14,16)/b5-4+. The largest absolute Gasteiger partial charge is 0.396 e. The van der Waals surface area contributed by atoms with E-state index in [-0.39, 0.29) is 12.5 Å². The summed E-state index contributed by atoms with van der Waals surface area (Å²) in [6.45, 7) is 5.73. The van der Waals surface area contributed by atoms with Gasteiger partial charge in [0.2, 0.25) is 5.91 Å². The average molecular weight is 254 g/mol. The van der Waals surface area contributed by atoms with Crippen molar-refractivity contribution < 1.29 is 9.90 Å². The zero-order valence-electron chi connectivity index (χ0n) is 10.4. The Bertz CT molecular complexity index is 410. The summed E-state index contributed by atoms with van der Waals surface area (Å²) >= 11 is 1.55. The zero-order valence-corrected chi connectivity index (χ0v) is 11.2.